The van der Waals surface area contributed by atoms with Gasteiger partial charge in [-0.15, -0.1) is 0 Å². The van der Waals surface area contributed by atoms with Crippen LogP contribution in [0.15, 0.2) is 28.7 Å². The number of carboxylic acids is 1. The van der Waals surface area contributed by atoms with Crippen LogP contribution in [0.2, 0.25) is 0 Å². The van der Waals surface area contributed by atoms with Gasteiger partial charge in [-0.05, 0) is 55.8 Å². The molecule has 1 saturated heterocycles. The van der Waals surface area contributed by atoms with Gasteiger partial charge in [0, 0.05) is 17.1 Å². The van der Waals surface area contributed by atoms with Gasteiger partial charge in [0.25, 0.3) is 0 Å². The molecule has 0 saturated carbocycles. The lowest BCUT2D eigenvalue weighted by atomic mass is 10.1. The maximum Gasteiger partial charge on any atom is 0.328 e. The summed E-state index contributed by atoms with van der Waals surface area (Å²) in [5, 5.41) is 8.68. The molecular weight excluding hydrogens is 334 g/mol. The summed E-state index contributed by atoms with van der Waals surface area (Å²) >= 11 is 3.40. The largest absolute Gasteiger partial charge is 0.492 e. The number of piperidine rings is 1. The summed E-state index contributed by atoms with van der Waals surface area (Å²) in [6.07, 6.45) is 6.58. The van der Waals surface area contributed by atoms with Crippen molar-refractivity contribution in [2.24, 2.45) is 0 Å². The van der Waals surface area contributed by atoms with Gasteiger partial charge >= 0.3 is 5.97 Å². The first-order chi connectivity index (χ1) is 10.1. The Balaban J connectivity index is 1.88. The fourth-order valence-electron chi connectivity index (χ4n) is 2.38. The zero-order valence-electron chi connectivity index (χ0n) is 11.9. The molecule has 1 fully saturated rings. The zero-order chi connectivity index (χ0) is 15.1. The van der Waals surface area contributed by atoms with Crippen LogP contribution in [0.1, 0.15) is 24.8 Å². The normalized spacial score (nSPS) is 16.2. The van der Waals surface area contributed by atoms with Crippen molar-refractivity contribution in [3.63, 3.8) is 0 Å². The lowest BCUT2D eigenvalue weighted by Gasteiger charge is -2.26. The molecule has 0 aliphatic carbocycles. The number of nitrogens with zero attached hydrogens (tertiary/aromatic N) is 1. The third kappa shape index (κ3) is 5.52. The van der Waals surface area contributed by atoms with E-state index in [2.05, 4.69) is 20.8 Å². The first kappa shape index (κ1) is 16.0. The molecule has 1 aromatic rings. The molecule has 0 atom stereocenters. The fraction of sp³-hybridized carbons (Fsp3) is 0.438. The molecule has 0 aromatic heterocycles. The molecule has 0 radical (unpaired) electrons. The lowest BCUT2D eigenvalue weighted by molar-refractivity contribution is -0.131. The molecular formula is C16H20BrNO3. The molecule has 0 amide bonds. The van der Waals surface area contributed by atoms with Crippen molar-refractivity contribution in [2.45, 2.75) is 19.3 Å². The highest BCUT2D eigenvalue weighted by molar-refractivity contribution is 9.10. The maximum absolute atomic E-state index is 10.6. The van der Waals surface area contributed by atoms with E-state index in [9.17, 15) is 4.79 Å². The number of aliphatic carboxylic acids is 1. The second-order valence-electron chi connectivity index (χ2n) is 5.11. The van der Waals surface area contributed by atoms with E-state index in [4.69, 9.17) is 9.84 Å². The Morgan fingerprint density at radius 3 is 2.81 bits per heavy atom. The fourth-order valence-corrected chi connectivity index (χ4v) is 2.75. The van der Waals surface area contributed by atoms with Gasteiger partial charge in [-0.2, -0.15) is 0 Å². The molecule has 1 aromatic carbocycles. The molecule has 4 nitrogen and oxygen atoms in total. The van der Waals surface area contributed by atoms with E-state index in [1.54, 1.807) is 6.08 Å². The number of halogens is 1. The average molecular weight is 354 g/mol. The van der Waals surface area contributed by atoms with Crippen LogP contribution in [-0.4, -0.2) is 42.2 Å². The predicted molar refractivity (Wildman–Crippen MR) is 86.6 cm³/mol. The summed E-state index contributed by atoms with van der Waals surface area (Å²) in [4.78, 5) is 13.0. The van der Waals surface area contributed by atoms with Crippen LogP contribution in [0.25, 0.3) is 6.08 Å². The van der Waals surface area contributed by atoms with Gasteiger partial charge in [-0.25, -0.2) is 4.79 Å². The van der Waals surface area contributed by atoms with Crippen molar-refractivity contribution in [1.82, 2.24) is 4.90 Å². The Labute approximate surface area is 133 Å². The second kappa shape index (κ2) is 8.20. The smallest absolute Gasteiger partial charge is 0.328 e. The topological polar surface area (TPSA) is 49.8 Å². The van der Waals surface area contributed by atoms with Crippen LogP contribution in [0, 0.1) is 0 Å². The molecule has 0 spiro atoms. The van der Waals surface area contributed by atoms with Crippen molar-refractivity contribution >= 4 is 28.0 Å². The van der Waals surface area contributed by atoms with E-state index >= 15 is 0 Å². The molecule has 1 aliphatic rings. The third-order valence-electron chi connectivity index (χ3n) is 3.50. The van der Waals surface area contributed by atoms with Gasteiger partial charge in [0.2, 0.25) is 0 Å². The molecule has 1 heterocycles. The number of likely N-dealkylation sites (tertiary alicyclic amines) is 1. The van der Waals surface area contributed by atoms with Crippen molar-refractivity contribution < 1.29 is 14.6 Å². The van der Waals surface area contributed by atoms with Gasteiger partial charge in [-0.1, -0.05) is 22.4 Å². The Kier molecular flexibility index (Phi) is 6.26. The first-order valence-electron chi connectivity index (χ1n) is 7.21. The number of benzene rings is 1. The minimum atomic E-state index is -0.960. The number of carboxylic acid groups (broad SMARTS) is 1. The van der Waals surface area contributed by atoms with Crippen LogP contribution < -0.4 is 4.74 Å². The summed E-state index contributed by atoms with van der Waals surface area (Å²) in [5.41, 5.74) is 0.799. The Morgan fingerprint density at radius 1 is 1.33 bits per heavy atom. The second-order valence-corrected chi connectivity index (χ2v) is 5.96. The number of hydrogen-bond donors (Lipinski definition) is 1. The highest BCUT2D eigenvalue weighted by atomic mass is 79.9. The molecule has 114 valence electrons. The summed E-state index contributed by atoms with van der Waals surface area (Å²) in [6.45, 7) is 3.92. The molecule has 2 rings (SSSR count). The van der Waals surface area contributed by atoms with Crippen LogP contribution in [0.3, 0.4) is 0 Å². The molecule has 0 unspecified atom stereocenters. The zero-order valence-corrected chi connectivity index (χ0v) is 13.5. The number of ether oxygens (including phenoxy) is 1. The summed E-state index contributed by atoms with van der Waals surface area (Å²) in [7, 11) is 0. The molecule has 0 bridgehead atoms. The summed E-state index contributed by atoms with van der Waals surface area (Å²) in [5.74, 6) is -0.196. The summed E-state index contributed by atoms with van der Waals surface area (Å²) < 4.78 is 6.62. The van der Waals surface area contributed by atoms with Gasteiger partial charge in [0.1, 0.15) is 12.4 Å². The summed E-state index contributed by atoms with van der Waals surface area (Å²) in [6, 6.07) is 5.61. The van der Waals surface area contributed by atoms with Gasteiger partial charge in [0.15, 0.2) is 0 Å². The number of carbonyl (C=O) groups is 1. The minimum absolute atomic E-state index is 0.656. The quantitative estimate of drug-likeness (QED) is 0.796. The van der Waals surface area contributed by atoms with E-state index in [0.717, 1.165) is 41.5 Å². The third-order valence-corrected chi connectivity index (χ3v) is 4.22. The van der Waals surface area contributed by atoms with E-state index in [1.807, 2.05) is 18.2 Å². The van der Waals surface area contributed by atoms with E-state index in [-0.39, 0.29) is 0 Å². The SMILES string of the molecule is O=C(O)/C=C/c1cc(OCCN2CCCCC2)ccc1Br. The van der Waals surface area contributed by atoms with Gasteiger partial charge in [0.05, 0.1) is 0 Å². The number of hydrogen-bond acceptors (Lipinski definition) is 3. The maximum atomic E-state index is 10.6. The predicted octanol–water partition coefficient (Wildman–Crippen LogP) is 3.41. The Morgan fingerprint density at radius 2 is 2.10 bits per heavy atom. The van der Waals surface area contributed by atoms with E-state index < -0.39 is 5.97 Å². The van der Waals surface area contributed by atoms with Crippen molar-refractivity contribution in [2.75, 3.05) is 26.2 Å². The standard InChI is InChI=1S/C16H20BrNO3/c17-15-6-5-14(12-13(15)4-7-16(19)20)21-11-10-18-8-2-1-3-9-18/h4-7,12H,1-3,8-11H2,(H,19,20)/b7-4+. The van der Waals surface area contributed by atoms with E-state index in [1.165, 1.54) is 19.3 Å². The minimum Gasteiger partial charge on any atom is -0.492 e. The van der Waals surface area contributed by atoms with Crippen molar-refractivity contribution in [3.8, 4) is 5.75 Å². The average Bonchev–Trinajstić information content (AvgIpc) is 2.48. The van der Waals surface area contributed by atoms with Crippen LogP contribution in [0.5, 0.6) is 5.75 Å². The number of rotatable bonds is 6. The van der Waals surface area contributed by atoms with Crippen LogP contribution >= 0.6 is 15.9 Å². The van der Waals surface area contributed by atoms with E-state index in [0.29, 0.717) is 6.61 Å². The highest BCUT2D eigenvalue weighted by Gasteiger charge is 2.09. The molecule has 1 N–H and O–H groups in total. The van der Waals surface area contributed by atoms with Crippen LogP contribution in [-0.2, 0) is 4.79 Å². The Hall–Kier alpha value is -1.33. The van der Waals surface area contributed by atoms with Gasteiger partial charge < -0.3 is 9.84 Å². The highest BCUT2D eigenvalue weighted by Crippen LogP contribution is 2.24. The lowest BCUT2D eigenvalue weighted by Crippen LogP contribution is -2.33. The van der Waals surface area contributed by atoms with Crippen LogP contribution in [0.4, 0.5) is 0 Å². The van der Waals surface area contributed by atoms with Crippen molar-refractivity contribution in [1.29, 1.82) is 0 Å². The van der Waals surface area contributed by atoms with Crippen molar-refractivity contribution in [3.05, 3.63) is 34.3 Å². The van der Waals surface area contributed by atoms with Gasteiger partial charge in [-0.3, -0.25) is 4.90 Å². The molecule has 5 heteroatoms. The Bertz CT molecular complexity index is 510. The first-order valence-corrected chi connectivity index (χ1v) is 8.00. The monoisotopic (exact) mass is 353 g/mol. The molecule has 1 aliphatic heterocycles. The molecule has 21 heavy (non-hydrogen) atoms.